The lowest BCUT2D eigenvalue weighted by atomic mass is 10.1. The summed E-state index contributed by atoms with van der Waals surface area (Å²) >= 11 is 10.6. The number of halogens is 1. The molecule has 0 aromatic heterocycles. The minimum atomic E-state index is -2.37. The molecular weight excluding hydrogens is 191 g/mol. The molecule has 0 N–H and O–H groups in total. The zero-order chi connectivity index (χ0) is 7.78. The highest BCUT2D eigenvalue weighted by Crippen LogP contribution is 2.58. The topological polar surface area (TPSA) is 18.5 Å². The van der Waals surface area contributed by atoms with E-state index in [0.717, 1.165) is 0 Å². The van der Waals surface area contributed by atoms with Crippen LogP contribution in [0.15, 0.2) is 0 Å². The zero-order valence-corrected chi connectivity index (χ0v) is 8.38. The Kier molecular flexibility index (Phi) is 2.75. The van der Waals surface area contributed by atoms with Crippen molar-refractivity contribution in [2.45, 2.75) is 20.0 Å². The van der Waals surface area contributed by atoms with Crippen molar-refractivity contribution < 1.29 is 9.05 Å². The summed E-state index contributed by atoms with van der Waals surface area (Å²) in [5.41, 5.74) is 0. The van der Waals surface area contributed by atoms with Crippen molar-refractivity contribution in [1.82, 2.24) is 0 Å². The first-order valence-corrected chi connectivity index (χ1v) is 6.68. The molecule has 0 aliphatic carbocycles. The summed E-state index contributed by atoms with van der Waals surface area (Å²) in [6.45, 7) is 4.65. The van der Waals surface area contributed by atoms with Gasteiger partial charge in [-0.2, -0.15) is 0 Å². The quantitative estimate of drug-likeness (QED) is 0.560. The maximum Gasteiger partial charge on any atom is 0.282 e. The fourth-order valence-electron chi connectivity index (χ4n) is 0.675. The third-order valence-corrected chi connectivity index (χ3v) is 3.73. The van der Waals surface area contributed by atoms with Gasteiger partial charge < -0.3 is 9.05 Å². The Labute approximate surface area is 70.8 Å². The number of hydrogen-bond acceptors (Lipinski definition) is 3. The molecule has 1 aliphatic heterocycles. The molecule has 1 rings (SSSR count). The lowest BCUT2D eigenvalue weighted by Crippen LogP contribution is -2.25. The second-order valence-corrected chi connectivity index (χ2v) is 7.22. The van der Waals surface area contributed by atoms with Gasteiger partial charge >= 0.3 is 0 Å². The standard InChI is InChI=1S/C5H10ClO2PS/c1-4-3-7-9(6,10)8-5(4)2/h4-5H,3H2,1-2H3. The molecule has 0 aromatic rings. The van der Waals surface area contributed by atoms with E-state index in [9.17, 15) is 0 Å². The third-order valence-electron chi connectivity index (χ3n) is 1.59. The largest absolute Gasteiger partial charge is 0.318 e. The molecule has 10 heavy (non-hydrogen) atoms. The molecule has 0 aromatic carbocycles. The van der Waals surface area contributed by atoms with Crippen LogP contribution in [0.4, 0.5) is 0 Å². The first kappa shape index (κ1) is 8.95. The van der Waals surface area contributed by atoms with Gasteiger partial charge in [0.25, 0.3) is 5.84 Å². The minimum Gasteiger partial charge on any atom is -0.318 e. The van der Waals surface area contributed by atoms with Crippen LogP contribution in [-0.2, 0) is 20.9 Å². The molecule has 0 saturated carbocycles. The molecule has 2 nitrogen and oxygen atoms in total. The van der Waals surface area contributed by atoms with Crippen LogP contribution in [0.3, 0.4) is 0 Å². The van der Waals surface area contributed by atoms with Gasteiger partial charge in [0.05, 0.1) is 12.7 Å². The van der Waals surface area contributed by atoms with Gasteiger partial charge in [0.2, 0.25) is 0 Å². The average Bonchev–Trinajstić information content (AvgIpc) is 1.79. The summed E-state index contributed by atoms with van der Waals surface area (Å²) in [4.78, 5) is 0. The Bertz CT molecular complexity index is 175. The molecule has 1 heterocycles. The van der Waals surface area contributed by atoms with Crippen LogP contribution in [-0.4, -0.2) is 12.7 Å². The Morgan fingerprint density at radius 3 is 2.60 bits per heavy atom. The van der Waals surface area contributed by atoms with Crippen LogP contribution in [0, 0.1) is 5.92 Å². The predicted molar refractivity (Wildman–Crippen MR) is 45.8 cm³/mol. The zero-order valence-electron chi connectivity index (χ0n) is 5.91. The molecule has 3 unspecified atom stereocenters. The van der Waals surface area contributed by atoms with Crippen LogP contribution < -0.4 is 0 Å². The van der Waals surface area contributed by atoms with E-state index in [-0.39, 0.29) is 6.10 Å². The lowest BCUT2D eigenvalue weighted by Gasteiger charge is -2.30. The van der Waals surface area contributed by atoms with Gasteiger partial charge in [-0.15, -0.1) is 0 Å². The van der Waals surface area contributed by atoms with Crippen LogP contribution in [0.1, 0.15) is 13.8 Å². The molecule has 3 atom stereocenters. The Balaban J connectivity index is 2.57. The first-order valence-electron chi connectivity index (χ1n) is 3.14. The van der Waals surface area contributed by atoms with E-state index in [1.54, 1.807) is 0 Å². The van der Waals surface area contributed by atoms with Gasteiger partial charge in [0, 0.05) is 5.92 Å². The molecule has 1 fully saturated rings. The van der Waals surface area contributed by atoms with Crippen molar-refractivity contribution in [3.05, 3.63) is 0 Å². The third kappa shape index (κ3) is 2.18. The molecule has 1 saturated heterocycles. The summed E-state index contributed by atoms with van der Waals surface area (Å²) in [7, 11) is 0. The highest BCUT2D eigenvalue weighted by molar-refractivity contribution is 8.22. The van der Waals surface area contributed by atoms with Crippen molar-refractivity contribution >= 4 is 28.9 Å². The van der Waals surface area contributed by atoms with Crippen LogP contribution in [0.5, 0.6) is 0 Å². The Hall–Kier alpha value is 0.860. The summed E-state index contributed by atoms with van der Waals surface area (Å²) in [6.07, 6.45) is 0.136. The van der Waals surface area contributed by atoms with Crippen LogP contribution in [0.25, 0.3) is 0 Å². The molecule has 1 aliphatic rings. The average molecular weight is 201 g/mol. The molecule has 0 bridgehead atoms. The summed E-state index contributed by atoms with van der Waals surface area (Å²) in [6, 6.07) is 0. The smallest absolute Gasteiger partial charge is 0.282 e. The maximum atomic E-state index is 5.71. The summed E-state index contributed by atoms with van der Waals surface area (Å²) in [5, 5.41) is 0. The maximum absolute atomic E-state index is 5.71. The Morgan fingerprint density at radius 2 is 2.20 bits per heavy atom. The summed E-state index contributed by atoms with van der Waals surface area (Å²) in [5.74, 6) is -1.98. The SMILES string of the molecule is CC1COP(=S)(Cl)OC1C. The van der Waals surface area contributed by atoms with Gasteiger partial charge in [-0.05, 0) is 30.0 Å². The molecule has 0 spiro atoms. The van der Waals surface area contributed by atoms with E-state index in [2.05, 4.69) is 6.92 Å². The molecule has 5 heteroatoms. The fourth-order valence-corrected chi connectivity index (χ4v) is 2.89. The fraction of sp³-hybridized carbons (Fsp3) is 1.00. The van der Waals surface area contributed by atoms with E-state index in [0.29, 0.717) is 12.5 Å². The second-order valence-electron chi connectivity index (χ2n) is 2.51. The van der Waals surface area contributed by atoms with Gasteiger partial charge in [-0.1, -0.05) is 6.92 Å². The molecule has 0 radical (unpaired) electrons. The number of hydrogen-bond donors (Lipinski definition) is 0. The Morgan fingerprint density at radius 1 is 1.60 bits per heavy atom. The van der Waals surface area contributed by atoms with E-state index in [4.69, 9.17) is 32.1 Å². The number of rotatable bonds is 0. The van der Waals surface area contributed by atoms with E-state index < -0.39 is 5.84 Å². The van der Waals surface area contributed by atoms with E-state index in [1.807, 2.05) is 6.92 Å². The van der Waals surface area contributed by atoms with Crippen molar-refractivity contribution in [2.75, 3.05) is 6.61 Å². The van der Waals surface area contributed by atoms with Crippen molar-refractivity contribution in [3.63, 3.8) is 0 Å². The second kappa shape index (κ2) is 3.08. The minimum absolute atomic E-state index is 0.136. The van der Waals surface area contributed by atoms with Crippen LogP contribution >= 0.6 is 17.1 Å². The van der Waals surface area contributed by atoms with Crippen molar-refractivity contribution in [1.29, 1.82) is 0 Å². The normalized spacial score (nSPS) is 49.1. The van der Waals surface area contributed by atoms with Crippen molar-refractivity contribution in [2.24, 2.45) is 5.92 Å². The lowest BCUT2D eigenvalue weighted by molar-refractivity contribution is 0.0729. The predicted octanol–water partition coefficient (Wildman–Crippen LogP) is 2.52. The van der Waals surface area contributed by atoms with E-state index >= 15 is 0 Å². The summed E-state index contributed by atoms with van der Waals surface area (Å²) < 4.78 is 10.4. The monoisotopic (exact) mass is 200 g/mol. The van der Waals surface area contributed by atoms with Gasteiger partial charge in [-0.25, -0.2) is 0 Å². The van der Waals surface area contributed by atoms with Crippen LogP contribution in [0.2, 0.25) is 0 Å². The van der Waals surface area contributed by atoms with E-state index in [1.165, 1.54) is 0 Å². The molecular formula is C5H10ClO2PS. The first-order chi connectivity index (χ1) is 4.51. The van der Waals surface area contributed by atoms with Gasteiger partial charge in [0.1, 0.15) is 0 Å². The van der Waals surface area contributed by atoms with Gasteiger partial charge in [-0.3, -0.25) is 0 Å². The highest BCUT2D eigenvalue weighted by Gasteiger charge is 2.29. The van der Waals surface area contributed by atoms with Crippen molar-refractivity contribution in [3.8, 4) is 0 Å². The van der Waals surface area contributed by atoms with Gasteiger partial charge in [0.15, 0.2) is 0 Å². The molecule has 0 amide bonds. The molecule has 60 valence electrons. The highest BCUT2D eigenvalue weighted by atomic mass is 35.7.